The number of rotatable bonds is 3. The van der Waals surface area contributed by atoms with Gasteiger partial charge in [-0.2, -0.15) is 0 Å². The highest BCUT2D eigenvalue weighted by Gasteiger charge is 2.17. The van der Waals surface area contributed by atoms with E-state index in [9.17, 15) is 18.0 Å². The molecule has 142 valence electrons. The molecule has 0 spiro atoms. The molecule has 0 radical (unpaired) electrons. The molecule has 2 heterocycles. The molecule has 0 unspecified atom stereocenters. The van der Waals surface area contributed by atoms with Crippen molar-refractivity contribution in [3.8, 4) is 0 Å². The second-order valence-electron chi connectivity index (χ2n) is 6.12. The van der Waals surface area contributed by atoms with E-state index in [1.807, 2.05) is 0 Å². The van der Waals surface area contributed by atoms with Crippen molar-refractivity contribution in [2.24, 2.45) is 0 Å². The number of ether oxygens (including phenoxy) is 1. The maximum absolute atomic E-state index is 13.2. The molecule has 0 aliphatic rings. The molecule has 4 aromatic rings. The molecule has 0 saturated carbocycles. The fourth-order valence-corrected chi connectivity index (χ4v) is 3.46. The summed E-state index contributed by atoms with van der Waals surface area (Å²) in [5.74, 6) is -0.654. The number of benzene rings is 2. The van der Waals surface area contributed by atoms with E-state index in [1.54, 1.807) is 24.3 Å². The van der Waals surface area contributed by atoms with Crippen LogP contribution < -0.4 is 10.3 Å². The lowest BCUT2D eigenvalue weighted by Crippen LogP contribution is -2.20. The molecule has 0 aliphatic carbocycles. The van der Waals surface area contributed by atoms with E-state index in [2.05, 4.69) is 14.7 Å². The number of anilines is 1. The summed E-state index contributed by atoms with van der Waals surface area (Å²) in [6, 6.07) is 11.2. The Bertz CT molecular complexity index is 1440. The number of carbonyl (C=O) groups excluding carboxylic acids is 1. The van der Waals surface area contributed by atoms with Crippen molar-refractivity contribution in [1.82, 2.24) is 14.4 Å². The molecule has 2 aromatic heterocycles. The van der Waals surface area contributed by atoms with Gasteiger partial charge < -0.3 is 4.74 Å². The van der Waals surface area contributed by atoms with Gasteiger partial charge in [0, 0.05) is 0 Å². The largest absolute Gasteiger partial charge is 0.465 e. The molecule has 4 rings (SSSR count). The van der Waals surface area contributed by atoms with Gasteiger partial charge in [0.05, 0.1) is 40.9 Å². The van der Waals surface area contributed by atoms with E-state index in [4.69, 9.17) is 4.74 Å². The van der Waals surface area contributed by atoms with Crippen LogP contribution in [0.5, 0.6) is 0 Å². The maximum atomic E-state index is 13.2. The van der Waals surface area contributed by atoms with E-state index in [1.165, 1.54) is 29.7 Å². The average molecular weight is 398 g/mol. The highest BCUT2D eigenvalue weighted by atomic mass is 32.2. The molecule has 10 heteroatoms. The Labute approximate surface area is 158 Å². The number of aromatic nitrogens is 3. The smallest absolute Gasteiger partial charge is 0.337 e. The fraction of sp³-hybridized carbons (Fsp3) is 0.111. The van der Waals surface area contributed by atoms with Crippen molar-refractivity contribution in [2.75, 3.05) is 18.1 Å². The third kappa shape index (κ3) is 2.93. The molecule has 0 amide bonds. The van der Waals surface area contributed by atoms with Crippen molar-refractivity contribution in [1.29, 1.82) is 0 Å². The molecule has 1 N–H and O–H groups in total. The van der Waals surface area contributed by atoms with Gasteiger partial charge in [0.1, 0.15) is 0 Å². The van der Waals surface area contributed by atoms with Gasteiger partial charge in [-0.05, 0) is 30.3 Å². The van der Waals surface area contributed by atoms with Gasteiger partial charge in [0.15, 0.2) is 11.5 Å². The lowest BCUT2D eigenvalue weighted by atomic mass is 10.1. The first-order valence-corrected chi connectivity index (χ1v) is 9.99. The summed E-state index contributed by atoms with van der Waals surface area (Å²) in [6.07, 6.45) is 0.981. The number of hydrogen-bond acceptors (Lipinski definition) is 7. The highest BCUT2D eigenvalue weighted by Crippen LogP contribution is 2.22. The van der Waals surface area contributed by atoms with Crippen LogP contribution in [0.15, 0.2) is 47.3 Å². The molecule has 9 nitrogen and oxygen atoms in total. The Balaban J connectivity index is 2.18. The normalized spacial score (nSPS) is 11.8. The summed E-state index contributed by atoms with van der Waals surface area (Å²) in [6.45, 7) is 0. The number of nitrogens with one attached hydrogen (secondary N) is 1. The standard InChI is InChI=1S/C18H14N4O5S/c1-27-18(24)10-7-8-11-13(9-10)20-16-15(21-28(2,25)26)19-12-5-3-4-6-14(12)22(16)17(11)23/h3-9H,1-2H3,(H,19,21). The van der Waals surface area contributed by atoms with Gasteiger partial charge >= 0.3 is 5.97 Å². The van der Waals surface area contributed by atoms with Gasteiger partial charge in [-0.15, -0.1) is 0 Å². The number of carbonyl (C=O) groups is 1. The summed E-state index contributed by atoms with van der Waals surface area (Å²) in [5, 5.41) is 0.270. The Morgan fingerprint density at radius 3 is 2.57 bits per heavy atom. The predicted molar refractivity (Wildman–Crippen MR) is 104 cm³/mol. The van der Waals surface area contributed by atoms with Gasteiger partial charge in [-0.25, -0.2) is 23.2 Å². The van der Waals surface area contributed by atoms with E-state index in [0.29, 0.717) is 11.0 Å². The van der Waals surface area contributed by atoms with Crippen LogP contribution in [-0.4, -0.2) is 42.1 Å². The number of nitrogens with zero attached hydrogens (tertiary/aromatic N) is 3. The van der Waals surface area contributed by atoms with Gasteiger partial charge in [-0.3, -0.25) is 13.9 Å². The van der Waals surface area contributed by atoms with Crippen molar-refractivity contribution < 1.29 is 17.9 Å². The van der Waals surface area contributed by atoms with Crippen molar-refractivity contribution in [3.05, 3.63) is 58.4 Å². The predicted octanol–water partition coefficient (Wildman–Crippen LogP) is 1.55. The molecule has 0 aliphatic heterocycles. The fourth-order valence-electron chi connectivity index (χ4n) is 2.98. The number of hydrogen-bond donors (Lipinski definition) is 1. The van der Waals surface area contributed by atoms with E-state index < -0.39 is 21.6 Å². The number of para-hydroxylation sites is 2. The van der Waals surface area contributed by atoms with Gasteiger partial charge in [0.25, 0.3) is 5.56 Å². The van der Waals surface area contributed by atoms with Crippen LogP contribution in [0.4, 0.5) is 5.82 Å². The van der Waals surface area contributed by atoms with Crippen LogP contribution in [0.3, 0.4) is 0 Å². The average Bonchev–Trinajstić information content (AvgIpc) is 2.66. The van der Waals surface area contributed by atoms with Crippen LogP contribution in [0.25, 0.3) is 27.6 Å². The molecule has 0 atom stereocenters. The summed E-state index contributed by atoms with van der Waals surface area (Å²) in [5.41, 5.74) is 0.970. The molecular weight excluding hydrogens is 384 g/mol. The minimum absolute atomic E-state index is 0.0311. The maximum Gasteiger partial charge on any atom is 0.337 e. The van der Waals surface area contributed by atoms with Crippen LogP contribution >= 0.6 is 0 Å². The number of fused-ring (bicyclic) bond motifs is 4. The molecule has 28 heavy (non-hydrogen) atoms. The number of esters is 1. The topological polar surface area (TPSA) is 120 Å². The van der Waals surface area contributed by atoms with Crippen LogP contribution in [0.1, 0.15) is 10.4 Å². The van der Waals surface area contributed by atoms with Crippen molar-refractivity contribution in [3.63, 3.8) is 0 Å². The minimum atomic E-state index is -3.67. The molecule has 0 fully saturated rings. The monoisotopic (exact) mass is 398 g/mol. The van der Waals surface area contributed by atoms with Crippen LogP contribution in [0.2, 0.25) is 0 Å². The summed E-state index contributed by atoms with van der Waals surface area (Å²) in [7, 11) is -2.42. The molecule has 0 bridgehead atoms. The van der Waals surface area contributed by atoms with Crippen LogP contribution in [-0.2, 0) is 14.8 Å². The zero-order valence-corrected chi connectivity index (χ0v) is 15.6. The van der Waals surface area contributed by atoms with Gasteiger partial charge in [-0.1, -0.05) is 12.1 Å². The Morgan fingerprint density at radius 2 is 1.86 bits per heavy atom. The van der Waals surface area contributed by atoms with Crippen molar-refractivity contribution in [2.45, 2.75) is 0 Å². The summed E-state index contributed by atoms with van der Waals surface area (Å²) >= 11 is 0. The number of methoxy groups -OCH3 is 1. The van der Waals surface area contributed by atoms with E-state index in [-0.39, 0.29) is 27.9 Å². The lowest BCUT2D eigenvalue weighted by Gasteiger charge is -2.12. The molecule has 2 aromatic carbocycles. The third-order valence-electron chi connectivity index (χ3n) is 4.14. The van der Waals surface area contributed by atoms with Gasteiger partial charge in [0.2, 0.25) is 10.0 Å². The second-order valence-corrected chi connectivity index (χ2v) is 7.87. The van der Waals surface area contributed by atoms with E-state index in [0.717, 1.165) is 6.26 Å². The zero-order chi connectivity index (χ0) is 20.1. The van der Waals surface area contributed by atoms with E-state index >= 15 is 0 Å². The molecule has 0 saturated heterocycles. The van der Waals surface area contributed by atoms with Crippen molar-refractivity contribution >= 4 is 49.4 Å². The Kier molecular flexibility index (Phi) is 4.00. The SMILES string of the molecule is COC(=O)c1ccc2c(=O)n3c(nc2c1)c(NS(C)(=O)=O)nc1ccccc13. The third-order valence-corrected chi connectivity index (χ3v) is 4.70. The first-order valence-electron chi connectivity index (χ1n) is 8.10. The lowest BCUT2D eigenvalue weighted by molar-refractivity contribution is 0.0601. The molecular formula is C18H14N4O5S. The number of sulfonamides is 1. The quantitative estimate of drug-likeness (QED) is 0.316. The minimum Gasteiger partial charge on any atom is -0.465 e. The highest BCUT2D eigenvalue weighted by molar-refractivity contribution is 7.92. The first-order chi connectivity index (χ1) is 13.3. The second kappa shape index (κ2) is 6.27. The van der Waals surface area contributed by atoms with Crippen LogP contribution in [0, 0.1) is 0 Å². The summed E-state index contributed by atoms with van der Waals surface area (Å²) in [4.78, 5) is 33.7. The Morgan fingerprint density at radius 1 is 1.11 bits per heavy atom. The Hall–Kier alpha value is -3.53. The summed E-state index contributed by atoms with van der Waals surface area (Å²) < 4.78 is 31.9. The zero-order valence-electron chi connectivity index (χ0n) is 14.8. The first kappa shape index (κ1) is 17.9.